The first-order valence-electron chi connectivity index (χ1n) is 7.67. The highest BCUT2D eigenvalue weighted by molar-refractivity contribution is 5.76. The Labute approximate surface area is 115 Å². The summed E-state index contributed by atoms with van der Waals surface area (Å²) in [5.41, 5.74) is 0. The van der Waals surface area contributed by atoms with Crippen molar-refractivity contribution in [1.82, 2.24) is 15.1 Å². The Hall–Kier alpha value is -0.650. The largest absolute Gasteiger partial charge is 0.375 e. The molecule has 3 saturated heterocycles. The molecule has 3 heterocycles. The van der Waals surface area contributed by atoms with Gasteiger partial charge in [-0.1, -0.05) is 0 Å². The van der Waals surface area contributed by atoms with E-state index in [1.165, 1.54) is 19.4 Å². The molecule has 3 aliphatic rings. The van der Waals surface area contributed by atoms with Gasteiger partial charge in [-0.05, 0) is 25.8 Å². The minimum absolute atomic E-state index is 0.0733. The number of morpholine rings is 1. The summed E-state index contributed by atoms with van der Waals surface area (Å²) in [7, 11) is 0. The van der Waals surface area contributed by atoms with Crippen molar-refractivity contribution in [2.75, 3.05) is 45.9 Å². The van der Waals surface area contributed by atoms with Gasteiger partial charge in [0.2, 0.25) is 5.91 Å². The molecule has 5 nitrogen and oxygen atoms in total. The summed E-state index contributed by atoms with van der Waals surface area (Å²) in [5, 5.41) is 3.29. The zero-order valence-electron chi connectivity index (χ0n) is 11.6. The molecule has 2 unspecified atom stereocenters. The van der Waals surface area contributed by atoms with Crippen molar-refractivity contribution in [2.24, 2.45) is 0 Å². The summed E-state index contributed by atoms with van der Waals surface area (Å²) in [4.78, 5) is 17.0. The number of fused-ring (bicyclic) bond motifs is 1. The van der Waals surface area contributed by atoms with Crippen LogP contribution in [0.3, 0.4) is 0 Å². The van der Waals surface area contributed by atoms with Gasteiger partial charge in [0.15, 0.2) is 0 Å². The summed E-state index contributed by atoms with van der Waals surface area (Å²) in [5.74, 6) is 0.280. The highest BCUT2D eigenvalue weighted by Crippen LogP contribution is 2.22. The highest BCUT2D eigenvalue weighted by Gasteiger charge is 2.31. The number of carbonyl (C=O) groups excluding carboxylic acids is 1. The van der Waals surface area contributed by atoms with Crippen LogP contribution in [0.25, 0.3) is 0 Å². The molecule has 1 amide bonds. The first-order chi connectivity index (χ1) is 9.33. The number of nitrogens with zero attached hydrogens (tertiary/aromatic N) is 2. The van der Waals surface area contributed by atoms with Crippen molar-refractivity contribution in [3.05, 3.63) is 0 Å². The summed E-state index contributed by atoms with van der Waals surface area (Å²) in [6.07, 6.45) is 4.28. The summed E-state index contributed by atoms with van der Waals surface area (Å²) < 4.78 is 5.64. The van der Waals surface area contributed by atoms with Crippen molar-refractivity contribution >= 4 is 5.91 Å². The van der Waals surface area contributed by atoms with Gasteiger partial charge in [-0.15, -0.1) is 0 Å². The number of amides is 1. The predicted octanol–water partition coefficient (Wildman–Crippen LogP) is 0.0616. The molecule has 0 aromatic carbocycles. The molecule has 0 radical (unpaired) electrons. The molecule has 108 valence electrons. The predicted molar refractivity (Wildman–Crippen MR) is 73.0 cm³/mol. The minimum atomic E-state index is 0.0733. The van der Waals surface area contributed by atoms with Crippen molar-refractivity contribution < 1.29 is 9.53 Å². The van der Waals surface area contributed by atoms with E-state index >= 15 is 0 Å². The monoisotopic (exact) mass is 267 g/mol. The van der Waals surface area contributed by atoms with Crippen LogP contribution < -0.4 is 5.32 Å². The van der Waals surface area contributed by atoms with Crippen LogP contribution in [0.5, 0.6) is 0 Å². The van der Waals surface area contributed by atoms with Gasteiger partial charge >= 0.3 is 0 Å². The first-order valence-corrected chi connectivity index (χ1v) is 7.67. The molecule has 0 aromatic heterocycles. The van der Waals surface area contributed by atoms with Gasteiger partial charge in [-0.2, -0.15) is 0 Å². The lowest BCUT2D eigenvalue weighted by atomic mass is 10.1. The number of nitrogens with one attached hydrogen (secondary N) is 1. The van der Waals surface area contributed by atoms with Crippen LogP contribution in [-0.2, 0) is 9.53 Å². The summed E-state index contributed by atoms with van der Waals surface area (Å²) in [6, 6.07) is 0.608. The van der Waals surface area contributed by atoms with Crippen LogP contribution in [0, 0.1) is 0 Å². The summed E-state index contributed by atoms with van der Waals surface area (Å²) in [6.45, 7) is 6.69. The van der Waals surface area contributed by atoms with Gasteiger partial charge in [-0.25, -0.2) is 0 Å². The lowest BCUT2D eigenvalue weighted by Gasteiger charge is -2.28. The average Bonchev–Trinajstić information content (AvgIpc) is 2.77. The van der Waals surface area contributed by atoms with Crippen LogP contribution in [0.4, 0.5) is 0 Å². The zero-order valence-corrected chi connectivity index (χ0v) is 11.6. The molecule has 0 aromatic rings. The topological polar surface area (TPSA) is 44.8 Å². The second-order valence-corrected chi connectivity index (χ2v) is 5.93. The highest BCUT2D eigenvalue weighted by atomic mass is 16.5. The fourth-order valence-electron chi connectivity index (χ4n) is 3.51. The van der Waals surface area contributed by atoms with E-state index in [1.54, 1.807) is 0 Å². The normalized spacial score (nSPS) is 32.9. The smallest absolute Gasteiger partial charge is 0.225 e. The number of carbonyl (C=O) groups is 1. The van der Waals surface area contributed by atoms with Gasteiger partial charge in [-0.3, -0.25) is 9.69 Å². The van der Waals surface area contributed by atoms with E-state index in [4.69, 9.17) is 4.74 Å². The second kappa shape index (κ2) is 6.20. The first kappa shape index (κ1) is 13.3. The van der Waals surface area contributed by atoms with Crippen LogP contribution in [0.2, 0.25) is 0 Å². The number of rotatable bonds is 2. The van der Waals surface area contributed by atoms with E-state index in [9.17, 15) is 4.79 Å². The molecule has 0 spiro atoms. The van der Waals surface area contributed by atoms with Crippen LogP contribution in [0.15, 0.2) is 0 Å². The van der Waals surface area contributed by atoms with Crippen molar-refractivity contribution in [3.63, 3.8) is 0 Å². The number of hydrogen-bond donors (Lipinski definition) is 1. The second-order valence-electron chi connectivity index (χ2n) is 5.93. The molecule has 5 heteroatoms. The fourth-order valence-corrected chi connectivity index (χ4v) is 3.51. The molecule has 3 fully saturated rings. The Morgan fingerprint density at radius 3 is 3.00 bits per heavy atom. The molecule has 1 N–H and O–H groups in total. The maximum atomic E-state index is 12.4. The van der Waals surface area contributed by atoms with Gasteiger partial charge in [0, 0.05) is 38.8 Å². The lowest BCUT2D eigenvalue weighted by Crippen LogP contribution is -2.44. The standard InChI is InChI=1S/C14H25N3O2/c18-14(9-13-10-15-4-8-19-13)17-7-2-6-16-5-1-3-12(16)11-17/h12-13,15H,1-11H2. The van der Waals surface area contributed by atoms with E-state index in [2.05, 4.69) is 15.1 Å². The molecule has 3 aliphatic heterocycles. The zero-order chi connectivity index (χ0) is 13.1. The molecule has 19 heavy (non-hydrogen) atoms. The molecule has 3 rings (SSSR count). The Morgan fingerprint density at radius 2 is 2.16 bits per heavy atom. The Morgan fingerprint density at radius 1 is 1.26 bits per heavy atom. The van der Waals surface area contributed by atoms with Gasteiger partial charge < -0.3 is 15.0 Å². The Kier molecular flexibility index (Phi) is 4.35. The molecule has 0 aliphatic carbocycles. The molecular weight excluding hydrogens is 242 g/mol. The van der Waals surface area contributed by atoms with Gasteiger partial charge in [0.05, 0.1) is 19.1 Å². The third-order valence-corrected chi connectivity index (χ3v) is 4.56. The van der Waals surface area contributed by atoms with Gasteiger partial charge in [0.25, 0.3) is 0 Å². The maximum Gasteiger partial charge on any atom is 0.225 e. The number of ether oxygens (including phenoxy) is 1. The Balaban J connectivity index is 1.53. The third kappa shape index (κ3) is 3.27. The Bertz CT molecular complexity index is 318. The lowest BCUT2D eigenvalue weighted by molar-refractivity contribution is -0.135. The van der Waals surface area contributed by atoms with E-state index in [0.29, 0.717) is 12.5 Å². The van der Waals surface area contributed by atoms with E-state index in [1.807, 2.05) is 0 Å². The van der Waals surface area contributed by atoms with Gasteiger partial charge in [0.1, 0.15) is 0 Å². The van der Waals surface area contributed by atoms with Crippen LogP contribution >= 0.6 is 0 Å². The average molecular weight is 267 g/mol. The van der Waals surface area contributed by atoms with Crippen molar-refractivity contribution in [1.29, 1.82) is 0 Å². The fraction of sp³-hybridized carbons (Fsp3) is 0.929. The number of hydrogen-bond acceptors (Lipinski definition) is 4. The van der Waals surface area contributed by atoms with Crippen LogP contribution in [-0.4, -0.2) is 73.7 Å². The third-order valence-electron chi connectivity index (χ3n) is 4.56. The molecular formula is C14H25N3O2. The molecule has 0 saturated carbocycles. The van der Waals surface area contributed by atoms with Crippen molar-refractivity contribution in [3.8, 4) is 0 Å². The minimum Gasteiger partial charge on any atom is -0.375 e. The molecule has 0 bridgehead atoms. The SMILES string of the molecule is O=C(CC1CNCCO1)N1CCCN2CCCC2C1. The van der Waals surface area contributed by atoms with E-state index in [0.717, 1.165) is 45.8 Å². The summed E-state index contributed by atoms with van der Waals surface area (Å²) >= 11 is 0. The van der Waals surface area contributed by atoms with Crippen molar-refractivity contribution in [2.45, 2.75) is 37.8 Å². The molecule has 2 atom stereocenters. The van der Waals surface area contributed by atoms with E-state index < -0.39 is 0 Å². The maximum absolute atomic E-state index is 12.4. The van der Waals surface area contributed by atoms with Crippen LogP contribution in [0.1, 0.15) is 25.7 Å². The van der Waals surface area contributed by atoms with E-state index in [-0.39, 0.29) is 12.0 Å². The quantitative estimate of drug-likeness (QED) is 0.768.